The molecule has 2 aliphatic carbocycles. The topological polar surface area (TPSA) is 18.5 Å². The Hall–Kier alpha value is -0.0800. The molecule has 0 amide bonds. The van der Waals surface area contributed by atoms with Crippen molar-refractivity contribution >= 4 is 0 Å². The summed E-state index contributed by atoms with van der Waals surface area (Å²) in [6.45, 7) is 8.41. The van der Waals surface area contributed by atoms with Crippen LogP contribution in [0.4, 0.5) is 0 Å². The molecule has 0 aromatic rings. The Labute approximate surface area is 107 Å². The van der Waals surface area contributed by atoms with Gasteiger partial charge in [-0.25, -0.2) is 0 Å². The van der Waals surface area contributed by atoms with Crippen molar-refractivity contribution in [2.75, 3.05) is 0 Å². The summed E-state index contributed by atoms with van der Waals surface area (Å²) in [5.41, 5.74) is 0. The Morgan fingerprint density at radius 3 is 1.24 bits per heavy atom. The lowest BCUT2D eigenvalue weighted by atomic mass is 9.96. The summed E-state index contributed by atoms with van der Waals surface area (Å²) in [6, 6.07) is 0. The molecule has 0 aliphatic heterocycles. The summed E-state index contributed by atoms with van der Waals surface area (Å²) in [4.78, 5) is 0. The summed E-state index contributed by atoms with van der Waals surface area (Å²) < 4.78 is 11.1. The Morgan fingerprint density at radius 2 is 1.00 bits per heavy atom. The molecule has 0 aromatic heterocycles. The fourth-order valence-corrected chi connectivity index (χ4v) is 2.30. The number of hydrogen-bond acceptors (Lipinski definition) is 2. The van der Waals surface area contributed by atoms with Crippen LogP contribution < -0.4 is 0 Å². The van der Waals surface area contributed by atoms with Crippen LogP contribution >= 0.6 is 0 Å². The highest BCUT2D eigenvalue weighted by atomic mass is 16.5. The highest BCUT2D eigenvalue weighted by Gasteiger charge is 2.18. The minimum atomic E-state index is 0.424. The highest BCUT2D eigenvalue weighted by Crippen LogP contribution is 2.23. The maximum absolute atomic E-state index is 5.61. The molecule has 0 heterocycles. The van der Waals surface area contributed by atoms with Crippen LogP contribution in [0.2, 0.25) is 0 Å². The van der Waals surface area contributed by atoms with Gasteiger partial charge >= 0.3 is 0 Å². The minimum Gasteiger partial charge on any atom is -0.376 e. The van der Waals surface area contributed by atoms with Crippen LogP contribution in [-0.2, 0) is 9.47 Å². The van der Waals surface area contributed by atoms with Crippen molar-refractivity contribution < 1.29 is 9.47 Å². The van der Waals surface area contributed by atoms with Gasteiger partial charge in [0.25, 0.3) is 0 Å². The molecule has 0 bridgehead atoms. The molecule has 0 N–H and O–H groups in total. The van der Waals surface area contributed by atoms with Crippen molar-refractivity contribution in [1.29, 1.82) is 0 Å². The number of rotatable bonds is 4. The average molecular weight is 242 g/mol. The lowest BCUT2D eigenvalue weighted by molar-refractivity contribution is -0.0347. The maximum Gasteiger partial charge on any atom is 0.0578 e. The molecule has 0 saturated heterocycles. The first kappa shape index (κ1) is 15.0. The van der Waals surface area contributed by atoms with Crippen molar-refractivity contribution in [3.63, 3.8) is 0 Å². The van der Waals surface area contributed by atoms with E-state index in [-0.39, 0.29) is 0 Å². The van der Waals surface area contributed by atoms with Crippen LogP contribution in [0.25, 0.3) is 0 Å². The second-order valence-electron chi connectivity index (χ2n) is 5.83. The number of hydrogen-bond donors (Lipinski definition) is 0. The molecule has 2 heteroatoms. The van der Waals surface area contributed by atoms with Gasteiger partial charge in [0, 0.05) is 0 Å². The van der Waals surface area contributed by atoms with Crippen LogP contribution in [0.1, 0.15) is 72.6 Å². The predicted octanol–water partition coefficient (Wildman–Crippen LogP) is 4.32. The van der Waals surface area contributed by atoms with Gasteiger partial charge in [-0.15, -0.1) is 0 Å². The molecule has 0 aromatic carbocycles. The van der Waals surface area contributed by atoms with Gasteiger partial charge in [0.2, 0.25) is 0 Å². The fourth-order valence-electron chi connectivity index (χ4n) is 2.30. The van der Waals surface area contributed by atoms with E-state index < -0.39 is 0 Å². The van der Waals surface area contributed by atoms with Gasteiger partial charge in [-0.1, -0.05) is 12.8 Å². The molecule has 2 fully saturated rings. The van der Waals surface area contributed by atoms with Crippen molar-refractivity contribution in [3.8, 4) is 0 Å². The van der Waals surface area contributed by atoms with Crippen LogP contribution in [0.3, 0.4) is 0 Å². The SMILES string of the molecule is CC(C)OC1CCC1.CC(C)OC1CCCC1. The van der Waals surface area contributed by atoms with Gasteiger partial charge < -0.3 is 9.47 Å². The van der Waals surface area contributed by atoms with Crippen LogP contribution in [0.5, 0.6) is 0 Å². The Kier molecular flexibility index (Phi) is 7.14. The van der Waals surface area contributed by atoms with E-state index in [1.54, 1.807) is 0 Å². The second kappa shape index (κ2) is 8.10. The quantitative estimate of drug-likeness (QED) is 0.731. The van der Waals surface area contributed by atoms with E-state index >= 15 is 0 Å². The zero-order chi connectivity index (χ0) is 12.7. The van der Waals surface area contributed by atoms with Gasteiger partial charge in [0.1, 0.15) is 0 Å². The van der Waals surface area contributed by atoms with Crippen molar-refractivity contribution in [2.45, 2.75) is 97.1 Å². The molecular formula is C15H30O2. The first-order valence-electron chi connectivity index (χ1n) is 7.39. The lowest BCUT2D eigenvalue weighted by Crippen LogP contribution is -2.24. The van der Waals surface area contributed by atoms with E-state index in [0.717, 1.165) is 0 Å². The first-order chi connectivity index (χ1) is 8.08. The molecule has 2 aliphatic rings. The molecule has 2 rings (SSSR count). The standard InChI is InChI=1S/C8H16O.C7H14O/c1-7(2)9-8-5-3-4-6-8;1-6(2)8-7-4-3-5-7/h7-8H,3-6H2,1-2H3;6-7H,3-5H2,1-2H3. The Balaban J connectivity index is 0.000000171. The van der Waals surface area contributed by atoms with E-state index in [1.165, 1.54) is 44.9 Å². The molecule has 0 unspecified atom stereocenters. The van der Waals surface area contributed by atoms with E-state index in [9.17, 15) is 0 Å². The molecule has 0 spiro atoms. The van der Waals surface area contributed by atoms with Gasteiger partial charge in [-0.2, -0.15) is 0 Å². The molecule has 17 heavy (non-hydrogen) atoms. The molecule has 0 atom stereocenters. The first-order valence-corrected chi connectivity index (χ1v) is 7.39. The zero-order valence-corrected chi connectivity index (χ0v) is 12.1. The van der Waals surface area contributed by atoms with Crippen molar-refractivity contribution in [1.82, 2.24) is 0 Å². The van der Waals surface area contributed by atoms with Gasteiger partial charge in [-0.3, -0.25) is 0 Å². The normalized spacial score (nSPS) is 21.5. The molecule has 2 nitrogen and oxygen atoms in total. The van der Waals surface area contributed by atoms with Crippen LogP contribution in [0, 0.1) is 0 Å². The highest BCUT2D eigenvalue weighted by molar-refractivity contribution is 4.69. The van der Waals surface area contributed by atoms with Gasteiger partial charge in [0.05, 0.1) is 24.4 Å². The second-order valence-corrected chi connectivity index (χ2v) is 5.83. The minimum absolute atomic E-state index is 0.424. The summed E-state index contributed by atoms with van der Waals surface area (Å²) in [6.07, 6.45) is 11.3. The van der Waals surface area contributed by atoms with Crippen LogP contribution in [-0.4, -0.2) is 24.4 Å². The molecular weight excluding hydrogens is 212 g/mol. The fraction of sp³-hybridized carbons (Fsp3) is 1.00. The Morgan fingerprint density at radius 1 is 0.647 bits per heavy atom. The average Bonchev–Trinajstić information content (AvgIpc) is 2.64. The monoisotopic (exact) mass is 242 g/mol. The van der Waals surface area contributed by atoms with E-state index in [2.05, 4.69) is 27.7 Å². The smallest absolute Gasteiger partial charge is 0.0578 e. The zero-order valence-electron chi connectivity index (χ0n) is 12.1. The molecule has 2 saturated carbocycles. The largest absolute Gasteiger partial charge is 0.376 e. The molecule has 0 radical (unpaired) electrons. The van der Waals surface area contributed by atoms with E-state index in [0.29, 0.717) is 24.4 Å². The summed E-state index contributed by atoms with van der Waals surface area (Å²) >= 11 is 0. The third-order valence-corrected chi connectivity index (χ3v) is 3.28. The summed E-state index contributed by atoms with van der Waals surface area (Å²) in [5.74, 6) is 0. The predicted molar refractivity (Wildman–Crippen MR) is 72.3 cm³/mol. The van der Waals surface area contributed by atoms with E-state index in [4.69, 9.17) is 9.47 Å². The van der Waals surface area contributed by atoms with Gasteiger partial charge in [0.15, 0.2) is 0 Å². The van der Waals surface area contributed by atoms with E-state index in [1.807, 2.05) is 0 Å². The van der Waals surface area contributed by atoms with Crippen molar-refractivity contribution in [3.05, 3.63) is 0 Å². The molecule has 102 valence electrons. The maximum atomic E-state index is 5.61. The van der Waals surface area contributed by atoms with Crippen LogP contribution in [0.15, 0.2) is 0 Å². The van der Waals surface area contributed by atoms with Gasteiger partial charge in [-0.05, 0) is 59.8 Å². The summed E-state index contributed by atoms with van der Waals surface area (Å²) in [5, 5.41) is 0. The third kappa shape index (κ3) is 7.05. The summed E-state index contributed by atoms with van der Waals surface area (Å²) in [7, 11) is 0. The number of ether oxygens (including phenoxy) is 2. The van der Waals surface area contributed by atoms with Crippen molar-refractivity contribution in [2.24, 2.45) is 0 Å². The lowest BCUT2D eigenvalue weighted by Gasteiger charge is -2.27. The Bertz CT molecular complexity index is 179. The third-order valence-electron chi connectivity index (χ3n) is 3.28.